The molecule has 3 aromatic rings. The van der Waals surface area contributed by atoms with E-state index in [1.54, 1.807) is 13.1 Å². The van der Waals surface area contributed by atoms with Gasteiger partial charge in [-0.2, -0.15) is 0 Å². The summed E-state index contributed by atoms with van der Waals surface area (Å²) in [5, 5.41) is 9.41. The van der Waals surface area contributed by atoms with E-state index in [-0.39, 0.29) is 30.1 Å². The van der Waals surface area contributed by atoms with Gasteiger partial charge in [-0.1, -0.05) is 13.0 Å². The highest BCUT2D eigenvalue weighted by molar-refractivity contribution is 5.94. The van der Waals surface area contributed by atoms with E-state index < -0.39 is 12.3 Å². The average molecular weight is 493 g/mol. The van der Waals surface area contributed by atoms with Crippen molar-refractivity contribution in [1.29, 1.82) is 0 Å². The van der Waals surface area contributed by atoms with E-state index >= 15 is 0 Å². The molecular weight excluding hydrogens is 463 g/mol. The number of hydrogen-bond donors (Lipinski definition) is 2. The lowest BCUT2D eigenvalue weighted by Crippen LogP contribution is -2.49. The number of benzene rings is 1. The zero-order valence-corrected chi connectivity index (χ0v) is 20.5. The van der Waals surface area contributed by atoms with Gasteiger partial charge >= 0.3 is 0 Å². The fourth-order valence-electron chi connectivity index (χ4n) is 4.49. The minimum atomic E-state index is -1.33. The number of pyridine rings is 1. The molecule has 1 aromatic carbocycles. The molecule has 2 amide bonds. The molecule has 2 aliphatic rings. The van der Waals surface area contributed by atoms with Gasteiger partial charge in [0.2, 0.25) is 11.7 Å². The SMILES string of the molecule is Cc1nc(C(=O)N2CC[C@H](Oc3ccc(-c4ccnc(NC(=O)C5CC5C)c4)cc3C)[C@H](F)C2)n[nH]1. The first-order valence-electron chi connectivity index (χ1n) is 12.2. The van der Waals surface area contributed by atoms with Gasteiger partial charge in [0.15, 0.2) is 6.17 Å². The third kappa shape index (κ3) is 5.07. The summed E-state index contributed by atoms with van der Waals surface area (Å²) in [7, 11) is 0. The molecule has 1 aliphatic carbocycles. The van der Waals surface area contributed by atoms with E-state index in [4.69, 9.17) is 4.74 Å². The molecule has 188 valence electrons. The van der Waals surface area contributed by atoms with E-state index in [9.17, 15) is 14.0 Å². The molecule has 4 atom stereocenters. The lowest BCUT2D eigenvalue weighted by atomic mass is 10.0. The van der Waals surface area contributed by atoms with Gasteiger partial charge in [-0.05, 0) is 67.1 Å². The third-order valence-electron chi connectivity index (χ3n) is 6.80. The molecule has 3 heterocycles. The summed E-state index contributed by atoms with van der Waals surface area (Å²) < 4.78 is 21.0. The van der Waals surface area contributed by atoms with Crippen LogP contribution in [0.15, 0.2) is 36.5 Å². The molecule has 36 heavy (non-hydrogen) atoms. The van der Waals surface area contributed by atoms with E-state index in [1.165, 1.54) is 4.90 Å². The van der Waals surface area contributed by atoms with Gasteiger partial charge in [0.1, 0.15) is 23.5 Å². The number of rotatable bonds is 6. The maximum atomic E-state index is 15.0. The summed E-state index contributed by atoms with van der Waals surface area (Å²) in [6, 6.07) is 9.43. The number of ether oxygens (including phenoxy) is 1. The molecule has 0 spiro atoms. The number of aromatic nitrogens is 4. The Hall–Kier alpha value is -3.82. The van der Waals surface area contributed by atoms with Crippen LogP contribution in [0.5, 0.6) is 5.75 Å². The lowest BCUT2D eigenvalue weighted by molar-refractivity contribution is -0.117. The van der Waals surface area contributed by atoms with Crippen molar-refractivity contribution in [2.24, 2.45) is 11.8 Å². The molecule has 2 unspecified atom stereocenters. The zero-order chi connectivity index (χ0) is 25.4. The number of carbonyl (C=O) groups is 2. The number of piperidine rings is 1. The average Bonchev–Trinajstić information content (AvgIpc) is 3.44. The molecule has 5 rings (SSSR count). The van der Waals surface area contributed by atoms with Crippen LogP contribution in [-0.2, 0) is 4.79 Å². The standard InChI is InChI=1S/C26H29FN6O3/c1-14-11-19(14)25(34)30-23-12-18(6-8-28-23)17-4-5-21(15(2)10-17)36-22-7-9-33(13-20(22)27)26(35)24-29-16(3)31-32-24/h4-6,8,10,12,14,19-20,22H,7,9,11,13H2,1-3H3,(H,28,30,34)(H,29,31,32)/t14?,19?,20-,22+/m1/s1. The minimum absolute atomic E-state index is 0.0105. The van der Waals surface area contributed by atoms with Gasteiger partial charge in [0, 0.05) is 25.1 Å². The van der Waals surface area contributed by atoms with Gasteiger partial charge in [-0.3, -0.25) is 14.7 Å². The number of halogens is 1. The Balaban J connectivity index is 1.22. The van der Waals surface area contributed by atoms with Crippen molar-refractivity contribution in [1.82, 2.24) is 25.1 Å². The van der Waals surface area contributed by atoms with E-state index in [0.717, 1.165) is 23.1 Å². The summed E-state index contributed by atoms with van der Waals surface area (Å²) >= 11 is 0. The molecule has 1 saturated heterocycles. The lowest BCUT2D eigenvalue weighted by Gasteiger charge is -2.34. The summed E-state index contributed by atoms with van der Waals surface area (Å²) in [5.41, 5.74) is 2.72. The van der Waals surface area contributed by atoms with Crippen LogP contribution in [0.25, 0.3) is 11.1 Å². The molecule has 9 nitrogen and oxygen atoms in total. The Kier molecular flexibility index (Phi) is 6.42. The highest BCUT2D eigenvalue weighted by atomic mass is 19.1. The summed E-state index contributed by atoms with van der Waals surface area (Å²) in [6.45, 7) is 5.97. The van der Waals surface area contributed by atoms with Crippen molar-refractivity contribution in [3.05, 3.63) is 53.7 Å². The monoisotopic (exact) mass is 492 g/mol. The Morgan fingerprint density at radius 1 is 1.19 bits per heavy atom. The molecular formula is C26H29FN6O3. The number of H-pyrrole nitrogens is 1. The number of nitrogens with one attached hydrogen (secondary N) is 2. The topological polar surface area (TPSA) is 113 Å². The molecule has 2 N–H and O–H groups in total. The second-order valence-corrected chi connectivity index (χ2v) is 9.68. The Labute approximate surface area is 208 Å². The summed E-state index contributed by atoms with van der Waals surface area (Å²) in [6.07, 6.45) is 0.971. The first-order chi connectivity index (χ1) is 17.3. The number of aromatic amines is 1. The fourth-order valence-corrected chi connectivity index (χ4v) is 4.49. The van der Waals surface area contributed by atoms with Crippen LogP contribution < -0.4 is 10.1 Å². The van der Waals surface area contributed by atoms with Gasteiger partial charge < -0.3 is 15.0 Å². The molecule has 10 heteroatoms. The number of alkyl halides is 1. The highest BCUT2D eigenvalue weighted by Gasteiger charge is 2.39. The number of nitrogens with zero attached hydrogens (tertiary/aromatic N) is 4. The number of hydrogen-bond acceptors (Lipinski definition) is 6. The largest absolute Gasteiger partial charge is 0.487 e. The smallest absolute Gasteiger partial charge is 0.293 e. The van der Waals surface area contributed by atoms with Gasteiger partial charge in [0.25, 0.3) is 5.91 Å². The molecule has 2 aromatic heterocycles. The molecule has 1 saturated carbocycles. The number of aryl methyl sites for hydroxylation is 2. The Morgan fingerprint density at radius 2 is 1.97 bits per heavy atom. The predicted octanol–water partition coefficient (Wildman–Crippen LogP) is 3.71. The fraction of sp³-hybridized carbons (Fsp3) is 0.423. The van der Waals surface area contributed by atoms with Crippen LogP contribution in [0.1, 0.15) is 41.8 Å². The Bertz CT molecular complexity index is 1290. The molecule has 0 radical (unpaired) electrons. The quantitative estimate of drug-likeness (QED) is 0.542. The van der Waals surface area contributed by atoms with Crippen LogP contribution in [0.2, 0.25) is 0 Å². The molecule has 2 fully saturated rings. The molecule has 0 bridgehead atoms. The van der Waals surface area contributed by atoms with Crippen LogP contribution >= 0.6 is 0 Å². The zero-order valence-electron chi connectivity index (χ0n) is 20.5. The minimum Gasteiger partial charge on any atom is -0.487 e. The van der Waals surface area contributed by atoms with Crippen LogP contribution in [0.3, 0.4) is 0 Å². The van der Waals surface area contributed by atoms with E-state index in [2.05, 4.69) is 32.4 Å². The third-order valence-corrected chi connectivity index (χ3v) is 6.80. The normalized spacial score (nSPS) is 23.3. The summed E-state index contributed by atoms with van der Waals surface area (Å²) in [4.78, 5) is 34.5. The summed E-state index contributed by atoms with van der Waals surface area (Å²) in [5.74, 6) is 1.83. The van der Waals surface area contributed by atoms with Gasteiger partial charge in [-0.25, -0.2) is 14.4 Å². The van der Waals surface area contributed by atoms with Crippen molar-refractivity contribution in [2.75, 3.05) is 18.4 Å². The van der Waals surface area contributed by atoms with Crippen molar-refractivity contribution < 1.29 is 18.7 Å². The van der Waals surface area contributed by atoms with Gasteiger partial charge in [-0.15, -0.1) is 5.10 Å². The van der Waals surface area contributed by atoms with E-state index in [1.807, 2.05) is 37.3 Å². The van der Waals surface area contributed by atoms with Crippen molar-refractivity contribution in [3.63, 3.8) is 0 Å². The maximum absolute atomic E-state index is 15.0. The number of likely N-dealkylation sites (tertiary alicyclic amines) is 1. The van der Waals surface area contributed by atoms with Crippen LogP contribution in [0.4, 0.5) is 10.2 Å². The van der Waals surface area contributed by atoms with Gasteiger partial charge in [0.05, 0.1) is 6.54 Å². The van der Waals surface area contributed by atoms with Crippen LogP contribution in [0, 0.1) is 25.7 Å². The highest BCUT2D eigenvalue weighted by Crippen LogP contribution is 2.38. The van der Waals surface area contributed by atoms with E-state index in [0.29, 0.717) is 36.3 Å². The maximum Gasteiger partial charge on any atom is 0.293 e. The Morgan fingerprint density at radius 3 is 2.64 bits per heavy atom. The second kappa shape index (κ2) is 9.67. The predicted molar refractivity (Wildman–Crippen MR) is 131 cm³/mol. The number of amides is 2. The van der Waals surface area contributed by atoms with Crippen LogP contribution in [-0.4, -0.2) is 62.2 Å². The van der Waals surface area contributed by atoms with Crippen molar-refractivity contribution >= 4 is 17.6 Å². The first kappa shape index (κ1) is 23.9. The second-order valence-electron chi connectivity index (χ2n) is 9.68. The number of anilines is 1. The van der Waals surface area contributed by atoms with Crippen molar-refractivity contribution in [2.45, 2.75) is 45.9 Å². The molecule has 1 aliphatic heterocycles. The number of carbonyl (C=O) groups excluding carboxylic acids is 2. The first-order valence-corrected chi connectivity index (χ1v) is 12.2. The van der Waals surface area contributed by atoms with Crippen molar-refractivity contribution in [3.8, 4) is 16.9 Å².